The van der Waals surface area contributed by atoms with Gasteiger partial charge in [0.05, 0.1) is 19.0 Å². The van der Waals surface area contributed by atoms with Crippen LogP contribution in [0.25, 0.3) is 11.3 Å². The Morgan fingerprint density at radius 3 is 2.79 bits per heavy atom. The van der Waals surface area contributed by atoms with Gasteiger partial charge in [0.25, 0.3) is 0 Å². The molecular weight excluding hydrogens is 374 g/mol. The van der Waals surface area contributed by atoms with Crippen molar-refractivity contribution in [3.63, 3.8) is 0 Å². The third kappa shape index (κ3) is 3.66. The Labute approximate surface area is 167 Å². The van der Waals surface area contributed by atoms with Crippen LogP contribution in [0, 0.1) is 0 Å². The Hall–Kier alpha value is -3.06. The molecule has 1 aromatic heterocycles. The van der Waals surface area contributed by atoms with E-state index in [1.54, 1.807) is 24.7 Å². The second-order valence-corrected chi connectivity index (χ2v) is 7.33. The molecule has 0 atom stereocenters. The molecule has 7 heteroatoms. The molecule has 2 heterocycles. The molecule has 1 aliphatic heterocycles. The summed E-state index contributed by atoms with van der Waals surface area (Å²) in [6.45, 7) is 4.35. The predicted molar refractivity (Wildman–Crippen MR) is 111 cm³/mol. The van der Waals surface area contributed by atoms with Crippen molar-refractivity contribution < 1.29 is 14.2 Å². The quantitative estimate of drug-likeness (QED) is 0.610. The van der Waals surface area contributed by atoms with Crippen LogP contribution in [-0.2, 0) is 0 Å². The van der Waals surface area contributed by atoms with E-state index in [1.165, 1.54) is 0 Å². The first kappa shape index (κ1) is 18.3. The van der Waals surface area contributed by atoms with Crippen LogP contribution in [0.4, 0.5) is 0 Å². The number of thiazole rings is 1. The number of aromatic nitrogens is 1. The number of hydrogen-bond donors (Lipinski definition) is 0. The Kier molecular flexibility index (Phi) is 5.16. The molecule has 28 heavy (non-hydrogen) atoms. The first-order chi connectivity index (χ1) is 13.7. The molecule has 0 fully saturated rings. The SMILES string of the molecule is COc1ccccc1-c1csc(=NC(C)C)n1N=Cc1ccc2c(c1)OCO2. The molecule has 0 saturated carbocycles. The van der Waals surface area contributed by atoms with E-state index in [0.29, 0.717) is 0 Å². The number of fused-ring (bicyclic) bond motifs is 1. The monoisotopic (exact) mass is 395 g/mol. The molecule has 2 aromatic carbocycles. The van der Waals surface area contributed by atoms with Crippen LogP contribution in [0.3, 0.4) is 0 Å². The molecule has 0 spiro atoms. The van der Waals surface area contributed by atoms with Crippen LogP contribution in [0.15, 0.2) is 57.9 Å². The zero-order valence-corrected chi connectivity index (χ0v) is 16.8. The maximum absolute atomic E-state index is 5.54. The smallest absolute Gasteiger partial charge is 0.231 e. The lowest BCUT2D eigenvalue weighted by molar-refractivity contribution is 0.174. The minimum Gasteiger partial charge on any atom is -0.496 e. The second kappa shape index (κ2) is 7.90. The number of rotatable bonds is 5. The van der Waals surface area contributed by atoms with Gasteiger partial charge in [-0.15, -0.1) is 11.3 Å². The standard InChI is InChI=1S/C21H21N3O3S/c1-14(2)23-21-24(17(12-28-21)16-6-4-5-7-18(16)25-3)22-11-15-8-9-19-20(10-15)27-13-26-19/h4-12,14H,13H2,1-3H3. The highest BCUT2D eigenvalue weighted by Crippen LogP contribution is 2.32. The molecular formula is C21H21N3O3S. The molecule has 144 valence electrons. The summed E-state index contributed by atoms with van der Waals surface area (Å²) in [5, 5.41) is 6.77. The minimum atomic E-state index is 0.163. The van der Waals surface area contributed by atoms with Crippen LogP contribution in [-0.4, -0.2) is 30.8 Å². The molecule has 0 radical (unpaired) electrons. The third-order valence-corrected chi connectivity index (χ3v) is 4.99. The van der Waals surface area contributed by atoms with Gasteiger partial charge >= 0.3 is 0 Å². The van der Waals surface area contributed by atoms with Crippen molar-refractivity contribution in [2.24, 2.45) is 10.1 Å². The van der Waals surface area contributed by atoms with Gasteiger partial charge in [-0.3, -0.25) is 4.99 Å². The Balaban J connectivity index is 1.79. The predicted octanol–water partition coefficient (Wildman–Crippen LogP) is 4.15. The van der Waals surface area contributed by atoms with Gasteiger partial charge in [-0.05, 0) is 49.7 Å². The lowest BCUT2D eigenvalue weighted by Crippen LogP contribution is -2.14. The van der Waals surface area contributed by atoms with Crippen molar-refractivity contribution in [2.45, 2.75) is 19.9 Å². The Morgan fingerprint density at radius 1 is 1.14 bits per heavy atom. The molecule has 6 nitrogen and oxygen atoms in total. The van der Waals surface area contributed by atoms with Crippen LogP contribution in [0.2, 0.25) is 0 Å². The number of methoxy groups -OCH3 is 1. The van der Waals surface area contributed by atoms with Gasteiger partial charge in [-0.2, -0.15) is 5.10 Å². The second-order valence-electron chi connectivity index (χ2n) is 6.50. The maximum atomic E-state index is 5.54. The minimum absolute atomic E-state index is 0.163. The highest BCUT2D eigenvalue weighted by atomic mass is 32.1. The van der Waals surface area contributed by atoms with Gasteiger partial charge < -0.3 is 14.2 Å². The summed E-state index contributed by atoms with van der Waals surface area (Å²) >= 11 is 1.56. The Bertz CT molecular complexity index is 1080. The van der Waals surface area contributed by atoms with E-state index in [1.807, 2.05) is 61.0 Å². The van der Waals surface area contributed by atoms with Crippen LogP contribution < -0.4 is 19.0 Å². The summed E-state index contributed by atoms with van der Waals surface area (Å²) in [5.74, 6) is 2.28. The van der Waals surface area contributed by atoms with Crippen molar-refractivity contribution in [3.05, 3.63) is 58.2 Å². The number of benzene rings is 2. The van der Waals surface area contributed by atoms with Crippen LogP contribution in [0.5, 0.6) is 17.2 Å². The molecule has 0 amide bonds. The van der Waals surface area contributed by atoms with E-state index in [0.717, 1.165) is 38.9 Å². The molecule has 0 saturated heterocycles. The zero-order valence-electron chi connectivity index (χ0n) is 16.0. The lowest BCUT2D eigenvalue weighted by atomic mass is 10.1. The summed E-state index contributed by atoms with van der Waals surface area (Å²) in [7, 11) is 1.67. The average Bonchev–Trinajstić information content (AvgIpc) is 3.32. The number of hydrogen-bond acceptors (Lipinski definition) is 6. The van der Waals surface area contributed by atoms with Gasteiger partial charge in [0.2, 0.25) is 11.6 Å². The van der Waals surface area contributed by atoms with Crippen molar-refractivity contribution >= 4 is 17.6 Å². The number of ether oxygens (including phenoxy) is 3. The largest absolute Gasteiger partial charge is 0.496 e. The van der Waals surface area contributed by atoms with Crippen molar-refractivity contribution in [3.8, 4) is 28.5 Å². The molecule has 0 aliphatic carbocycles. The summed E-state index contributed by atoms with van der Waals surface area (Å²) < 4.78 is 18.2. The van der Waals surface area contributed by atoms with E-state index in [4.69, 9.17) is 24.3 Å². The average molecular weight is 395 g/mol. The van der Waals surface area contributed by atoms with E-state index in [9.17, 15) is 0 Å². The van der Waals surface area contributed by atoms with Gasteiger partial charge in [-0.25, -0.2) is 4.68 Å². The number of nitrogens with zero attached hydrogens (tertiary/aromatic N) is 3. The fourth-order valence-corrected chi connectivity index (χ4v) is 3.84. The molecule has 4 rings (SSSR count). The zero-order chi connectivity index (χ0) is 19.5. The molecule has 0 N–H and O–H groups in total. The normalized spacial score (nSPS) is 13.6. The summed E-state index contributed by atoms with van der Waals surface area (Å²) in [6.07, 6.45) is 1.80. The Morgan fingerprint density at radius 2 is 1.96 bits per heavy atom. The van der Waals surface area contributed by atoms with Crippen molar-refractivity contribution in [1.82, 2.24) is 4.68 Å². The van der Waals surface area contributed by atoms with Gasteiger partial charge in [-0.1, -0.05) is 12.1 Å². The first-order valence-corrected chi connectivity index (χ1v) is 9.85. The first-order valence-electron chi connectivity index (χ1n) is 8.97. The van der Waals surface area contributed by atoms with E-state index >= 15 is 0 Å². The van der Waals surface area contributed by atoms with Crippen molar-refractivity contribution in [2.75, 3.05) is 13.9 Å². The van der Waals surface area contributed by atoms with Gasteiger partial charge in [0.15, 0.2) is 11.5 Å². The highest BCUT2D eigenvalue weighted by Gasteiger charge is 2.14. The van der Waals surface area contributed by atoms with E-state index in [-0.39, 0.29) is 12.8 Å². The summed E-state index contributed by atoms with van der Waals surface area (Å²) in [5.41, 5.74) is 2.82. The fourth-order valence-electron chi connectivity index (χ4n) is 2.88. The van der Waals surface area contributed by atoms with Gasteiger partial charge in [0, 0.05) is 17.0 Å². The molecule has 0 unspecified atom stereocenters. The number of para-hydroxylation sites is 1. The third-order valence-electron chi connectivity index (χ3n) is 4.16. The van der Waals surface area contributed by atoms with Crippen molar-refractivity contribution in [1.29, 1.82) is 0 Å². The van der Waals surface area contributed by atoms with Crippen LogP contribution in [0.1, 0.15) is 19.4 Å². The van der Waals surface area contributed by atoms with Crippen LogP contribution >= 0.6 is 11.3 Å². The summed E-state index contributed by atoms with van der Waals surface area (Å²) in [4.78, 5) is 5.54. The molecule has 3 aromatic rings. The van der Waals surface area contributed by atoms with Gasteiger partial charge in [0.1, 0.15) is 5.75 Å². The highest BCUT2D eigenvalue weighted by molar-refractivity contribution is 7.07. The van der Waals surface area contributed by atoms with E-state index in [2.05, 4.69) is 5.38 Å². The summed E-state index contributed by atoms with van der Waals surface area (Å²) in [6, 6.07) is 13.8. The maximum Gasteiger partial charge on any atom is 0.231 e. The molecule has 0 bridgehead atoms. The fraction of sp³-hybridized carbons (Fsp3) is 0.238. The van der Waals surface area contributed by atoms with E-state index < -0.39 is 0 Å². The molecule has 1 aliphatic rings. The topological polar surface area (TPSA) is 57.3 Å². The lowest BCUT2D eigenvalue weighted by Gasteiger charge is -2.09.